The molecular formula is C19H13N3O2S. The third kappa shape index (κ3) is 2.43. The van der Waals surface area contributed by atoms with Gasteiger partial charge in [0.25, 0.3) is 0 Å². The van der Waals surface area contributed by atoms with Crippen LogP contribution >= 0.6 is 11.3 Å². The van der Waals surface area contributed by atoms with Crippen molar-refractivity contribution < 1.29 is 9.52 Å². The molecule has 5 nitrogen and oxygen atoms in total. The molecule has 0 bridgehead atoms. The molecule has 1 aromatic carbocycles. The average molecular weight is 347 g/mol. The van der Waals surface area contributed by atoms with E-state index in [2.05, 4.69) is 17.1 Å². The van der Waals surface area contributed by atoms with Crippen molar-refractivity contribution in [2.75, 3.05) is 0 Å². The van der Waals surface area contributed by atoms with Crippen LogP contribution in [0.3, 0.4) is 0 Å². The summed E-state index contributed by atoms with van der Waals surface area (Å²) in [6, 6.07) is 10.1. The topological polar surface area (TPSA) is 63.6 Å². The first-order valence-corrected chi connectivity index (χ1v) is 8.69. The van der Waals surface area contributed by atoms with E-state index >= 15 is 0 Å². The van der Waals surface area contributed by atoms with Gasteiger partial charge in [0.05, 0.1) is 30.5 Å². The van der Waals surface area contributed by atoms with Gasteiger partial charge < -0.3 is 13.9 Å². The Morgan fingerprint density at radius 1 is 0.960 bits per heavy atom. The van der Waals surface area contributed by atoms with E-state index < -0.39 is 0 Å². The third-order valence-electron chi connectivity index (χ3n) is 4.21. The second-order valence-corrected chi connectivity index (χ2v) is 6.75. The van der Waals surface area contributed by atoms with Gasteiger partial charge in [0.2, 0.25) is 0 Å². The summed E-state index contributed by atoms with van der Waals surface area (Å²) >= 11 is 1.46. The number of thiazole rings is 1. The number of imidazole rings is 1. The molecular weight excluding hydrogens is 334 g/mol. The third-order valence-corrected chi connectivity index (χ3v) is 5.04. The number of aliphatic hydroxyl groups excluding tert-OH is 1. The number of nitrogens with zero attached hydrogens (tertiary/aromatic N) is 3. The zero-order valence-electron chi connectivity index (χ0n) is 13.1. The molecule has 0 fully saturated rings. The lowest BCUT2D eigenvalue weighted by molar-refractivity contribution is 0.281. The van der Waals surface area contributed by atoms with E-state index in [0.29, 0.717) is 0 Å². The first-order chi connectivity index (χ1) is 12.3. The largest absolute Gasteiger partial charge is 0.471 e. The van der Waals surface area contributed by atoms with Gasteiger partial charge in [0.15, 0.2) is 0 Å². The molecule has 0 saturated carbocycles. The molecule has 6 heteroatoms. The van der Waals surface area contributed by atoms with Crippen LogP contribution in [0.4, 0.5) is 0 Å². The Bertz CT molecular complexity index is 1200. The predicted molar refractivity (Wildman–Crippen MR) is 97.4 cm³/mol. The van der Waals surface area contributed by atoms with Crippen LogP contribution in [0.2, 0.25) is 0 Å². The molecule has 0 unspecified atom stereocenters. The number of rotatable bonds is 3. The molecule has 5 rings (SSSR count). The monoisotopic (exact) mass is 347 g/mol. The minimum absolute atomic E-state index is 0.0291. The number of aliphatic hydroxyl groups is 1. The Morgan fingerprint density at radius 3 is 2.72 bits per heavy atom. The van der Waals surface area contributed by atoms with Gasteiger partial charge in [-0.2, -0.15) is 0 Å². The average Bonchev–Trinajstić information content (AvgIpc) is 3.37. The van der Waals surface area contributed by atoms with Crippen molar-refractivity contribution in [2.45, 2.75) is 6.61 Å². The van der Waals surface area contributed by atoms with E-state index in [9.17, 15) is 5.11 Å². The summed E-state index contributed by atoms with van der Waals surface area (Å²) in [6.07, 6.45) is 7.51. The lowest BCUT2D eigenvalue weighted by atomic mass is 10.1. The standard InChI is InChI=1S/C19H13N3O2S/c23-8-19-21-17(11-25-19)13-3-4-18-20-16(7-22(18)6-13)12-1-2-14-9-24-10-15(14)5-12/h1-7,9-11,23H,8H2. The SMILES string of the molecule is OCc1nc(-c2ccc3nc(-c4ccc5cocc5c4)cn3c2)cs1. The number of furan rings is 1. The maximum atomic E-state index is 9.18. The van der Waals surface area contributed by atoms with E-state index in [1.54, 1.807) is 12.5 Å². The first-order valence-electron chi connectivity index (χ1n) is 7.81. The highest BCUT2D eigenvalue weighted by molar-refractivity contribution is 7.09. The number of fused-ring (bicyclic) bond motifs is 2. The minimum atomic E-state index is -0.0291. The summed E-state index contributed by atoms with van der Waals surface area (Å²) in [6.45, 7) is -0.0291. The Hall–Kier alpha value is -2.96. The summed E-state index contributed by atoms with van der Waals surface area (Å²) in [5.41, 5.74) is 4.71. The van der Waals surface area contributed by atoms with Crippen molar-refractivity contribution in [1.82, 2.24) is 14.4 Å². The van der Waals surface area contributed by atoms with E-state index in [4.69, 9.17) is 9.40 Å². The molecule has 0 amide bonds. The smallest absolute Gasteiger partial charge is 0.137 e. The van der Waals surface area contributed by atoms with Crippen LogP contribution in [0.25, 0.3) is 38.9 Å². The molecule has 0 saturated heterocycles. The van der Waals surface area contributed by atoms with Crippen LogP contribution in [-0.2, 0) is 6.61 Å². The molecule has 5 aromatic rings. The number of benzene rings is 1. The number of aromatic nitrogens is 3. The van der Waals surface area contributed by atoms with Gasteiger partial charge in [-0.1, -0.05) is 12.1 Å². The fraction of sp³-hybridized carbons (Fsp3) is 0.0526. The highest BCUT2D eigenvalue weighted by Gasteiger charge is 2.09. The number of hydrogen-bond donors (Lipinski definition) is 1. The normalized spacial score (nSPS) is 11.6. The van der Waals surface area contributed by atoms with Gasteiger partial charge in [0.1, 0.15) is 10.7 Å². The zero-order chi connectivity index (χ0) is 16.8. The van der Waals surface area contributed by atoms with E-state index in [-0.39, 0.29) is 6.61 Å². The molecule has 0 aliphatic rings. The van der Waals surface area contributed by atoms with E-state index in [1.807, 2.05) is 40.4 Å². The zero-order valence-corrected chi connectivity index (χ0v) is 13.9. The van der Waals surface area contributed by atoms with Gasteiger partial charge in [-0.15, -0.1) is 11.3 Å². The fourth-order valence-electron chi connectivity index (χ4n) is 2.92. The molecule has 0 aliphatic carbocycles. The van der Waals surface area contributed by atoms with Crippen LogP contribution < -0.4 is 0 Å². The van der Waals surface area contributed by atoms with Crippen LogP contribution in [0.5, 0.6) is 0 Å². The van der Waals surface area contributed by atoms with Gasteiger partial charge in [-0.3, -0.25) is 0 Å². The summed E-state index contributed by atoms with van der Waals surface area (Å²) in [4.78, 5) is 9.13. The Morgan fingerprint density at radius 2 is 1.84 bits per heavy atom. The van der Waals surface area contributed by atoms with Crippen molar-refractivity contribution >= 4 is 27.8 Å². The van der Waals surface area contributed by atoms with Crippen molar-refractivity contribution in [1.29, 1.82) is 0 Å². The molecule has 4 heterocycles. The molecule has 1 N–H and O–H groups in total. The first kappa shape index (κ1) is 14.4. The summed E-state index contributed by atoms with van der Waals surface area (Å²) < 4.78 is 7.24. The fourth-order valence-corrected chi connectivity index (χ4v) is 3.58. The van der Waals surface area contributed by atoms with Crippen LogP contribution in [0.1, 0.15) is 5.01 Å². The molecule has 0 radical (unpaired) electrons. The Balaban J connectivity index is 1.58. The minimum Gasteiger partial charge on any atom is -0.471 e. The number of pyridine rings is 1. The van der Waals surface area contributed by atoms with Crippen LogP contribution in [-0.4, -0.2) is 19.5 Å². The molecule has 122 valence electrons. The second-order valence-electron chi connectivity index (χ2n) is 5.81. The molecule has 0 atom stereocenters. The summed E-state index contributed by atoms with van der Waals surface area (Å²) in [5, 5.41) is 14.0. The van der Waals surface area contributed by atoms with Crippen LogP contribution in [0, 0.1) is 0 Å². The quantitative estimate of drug-likeness (QED) is 0.526. The van der Waals surface area contributed by atoms with Crippen molar-refractivity contribution in [3.05, 3.63) is 65.6 Å². The van der Waals surface area contributed by atoms with E-state index in [0.717, 1.165) is 43.9 Å². The Kier molecular flexibility index (Phi) is 3.19. The highest BCUT2D eigenvalue weighted by Crippen LogP contribution is 2.27. The van der Waals surface area contributed by atoms with Gasteiger partial charge in [0, 0.05) is 39.7 Å². The lowest BCUT2D eigenvalue weighted by Gasteiger charge is -1.98. The van der Waals surface area contributed by atoms with Crippen molar-refractivity contribution in [3.8, 4) is 22.5 Å². The highest BCUT2D eigenvalue weighted by atomic mass is 32.1. The van der Waals surface area contributed by atoms with Gasteiger partial charge in [-0.05, 0) is 18.2 Å². The molecule has 25 heavy (non-hydrogen) atoms. The summed E-state index contributed by atoms with van der Waals surface area (Å²) in [5.74, 6) is 0. The number of hydrogen-bond acceptors (Lipinski definition) is 5. The maximum absolute atomic E-state index is 9.18. The van der Waals surface area contributed by atoms with Gasteiger partial charge >= 0.3 is 0 Å². The second kappa shape index (κ2) is 5.54. The molecule has 4 aromatic heterocycles. The van der Waals surface area contributed by atoms with Crippen molar-refractivity contribution in [2.24, 2.45) is 0 Å². The predicted octanol–water partition coefficient (Wildman–Crippen LogP) is 4.36. The molecule has 0 spiro atoms. The maximum Gasteiger partial charge on any atom is 0.137 e. The van der Waals surface area contributed by atoms with Gasteiger partial charge in [-0.25, -0.2) is 9.97 Å². The lowest BCUT2D eigenvalue weighted by Crippen LogP contribution is -1.86. The molecule has 0 aliphatic heterocycles. The summed E-state index contributed by atoms with van der Waals surface area (Å²) in [7, 11) is 0. The van der Waals surface area contributed by atoms with E-state index in [1.165, 1.54) is 11.3 Å². The Labute approximate surface area is 146 Å². The van der Waals surface area contributed by atoms with Crippen LogP contribution in [0.15, 0.2) is 65.0 Å². The van der Waals surface area contributed by atoms with Crippen molar-refractivity contribution in [3.63, 3.8) is 0 Å².